The first kappa shape index (κ1) is 20.0. The van der Waals surface area contributed by atoms with Crippen LogP contribution < -0.4 is 9.47 Å². The summed E-state index contributed by atoms with van der Waals surface area (Å²) in [5.74, 6) is -0.929. The van der Waals surface area contributed by atoms with Crippen molar-refractivity contribution in [3.63, 3.8) is 0 Å². The first-order chi connectivity index (χ1) is 12.9. The molecule has 0 saturated heterocycles. The van der Waals surface area contributed by atoms with E-state index in [1.54, 1.807) is 24.3 Å². The van der Waals surface area contributed by atoms with Gasteiger partial charge in [0.25, 0.3) is 0 Å². The van der Waals surface area contributed by atoms with Gasteiger partial charge in [-0.05, 0) is 36.3 Å². The lowest BCUT2D eigenvalue weighted by Crippen LogP contribution is -2.28. The number of methoxy groups -OCH3 is 2. The summed E-state index contributed by atoms with van der Waals surface area (Å²) in [6, 6.07) is 12.6. The summed E-state index contributed by atoms with van der Waals surface area (Å²) in [4.78, 5) is 23.5. The highest BCUT2D eigenvalue weighted by molar-refractivity contribution is 5.89. The maximum atomic E-state index is 12.0. The quantitative estimate of drug-likeness (QED) is 0.567. The zero-order valence-corrected chi connectivity index (χ0v) is 15.5. The van der Waals surface area contributed by atoms with Gasteiger partial charge in [-0.3, -0.25) is 0 Å². The summed E-state index contributed by atoms with van der Waals surface area (Å²) >= 11 is 0. The molecule has 1 atom stereocenters. The number of hydrogen-bond donors (Lipinski definition) is 1. The van der Waals surface area contributed by atoms with Crippen LogP contribution in [0.2, 0.25) is 0 Å². The van der Waals surface area contributed by atoms with Crippen molar-refractivity contribution in [3.8, 4) is 11.5 Å². The number of carboxylic acid groups (broad SMARTS) is 1. The maximum absolute atomic E-state index is 12.0. The molecule has 27 heavy (non-hydrogen) atoms. The summed E-state index contributed by atoms with van der Waals surface area (Å²) in [6.45, 7) is 1.97. The van der Waals surface area contributed by atoms with E-state index in [2.05, 4.69) is 0 Å². The highest BCUT2D eigenvalue weighted by Crippen LogP contribution is 2.28. The van der Waals surface area contributed by atoms with Crippen LogP contribution in [0.5, 0.6) is 11.5 Å². The Labute approximate surface area is 158 Å². The molecule has 1 unspecified atom stereocenters. The molecule has 0 amide bonds. The standard InChI is InChI=1S/C21H22O6/c1-14-4-6-15(7-5-14)9-11-20(22)27-19(21(23)24)13-16-8-10-17(25-2)18(12-16)26-3/h4-12,19H,13H2,1-3H3,(H,23,24)/b11-9+. The van der Waals surface area contributed by atoms with Crippen LogP contribution in [0, 0.1) is 6.92 Å². The monoisotopic (exact) mass is 370 g/mol. The molecule has 6 nitrogen and oxygen atoms in total. The molecule has 1 N–H and O–H groups in total. The first-order valence-electron chi connectivity index (χ1n) is 8.32. The second-order valence-electron chi connectivity index (χ2n) is 5.90. The molecule has 0 aliphatic carbocycles. The Morgan fingerprint density at radius 2 is 1.70 bits per heavy atom. The van der Waals surface area contributed by atoms with Gasteiger partial charge in [0, 0.05) is 12.5 Å². The zero-order valence-electron chi connectivity index (χ0n) is 15.5. The Bertz CT molecular complexity index is 823. The molecule has 6 heteroatoms. The van der Waals surface area contributed by atoms with Crippen molar-refractivity contribution in [2.75, 3.05) is 14.2 Å². The topological polar surface area (TPSA) is 82.1 Å². The molecular formula is C21H22O6. The fourth-order valence-corrected chi connectivity index (χ4v) is 2.42. The van der Waals surface area contributed by atoms with Crippen LogP contribution in [0.1, 0.15) is 16.7 Å². The van der Waals surface area contributed by atoms with Gasteiger partial charge in [-0.1, -0.05) is 35.9 Å². The van der Waals surface area contributed by atoms with Crippen LogP contribution in [0.3, 0.4) is 0 Å². The van der Waals surface area contributed by atoms with Crippen LogP contribution in [-0.2, 0) is 20.7 Å². The number of carbonyl (C=O) groups excluding carboxylic acids is 1. The number of rotatable bonds is 8. The van der Waals surface area contributed by atoms with E-state index in [0.29, 0.717) is 17.1 Å². The summed E-state index contributed by atoms with van der Waals surface area (Å²) < 4.78 is 15.5. The van der Waals surface area contributed by atoms with E-state index in [0.717, 1.165) is 11.1 Å². The smallest absolute Gasteiger partial charge is 0.345 e. The predicted octanol–water partition coefficient (Wildman–Crippen LogP) is 3.26. The third kappa shape index (κ3) is 5.88. The lowest BCUT2D eigenvalue weighted by molar-refractivity contribution is -0.160. The number of esters is 1. The molecule has 0 aliphatic rings. The van der Waals surface area contributed by atoms with E-state index in [1.807, 2.05) is 31.2 Å². The molecule has 2 aromatic rings. The SMILES string of the molecule is COc1ccc(CC(OC(=O)/C=C/c2ccc(C)cc2)C(=O)O)cc1OC. The molecule has 0 aromatic heterocycles. The molecule has 142 valence electrons. The maximum Gasteiger partial charge on any atom is 0.345 e. The normalized spacial score (nSPS) is 11.8. The summed E-state index contributed by atoms with van der Waals surface area (Å²) in [6.07, 6.45) is 1.50. The summed E-state index contributed by atoms with van der Waals surface area (Å²) in [7, 11) is 3.01. The lowest BCUT2D eigenvalue weighted by Gasteiger charge is -2.14. The first-order valence-corrected chi connectivity index (χ1v) is 8.32. The van der Waals surface area contributed by atoms with Crippen LogP contribution in [0.25, 0.3) is 6.08 Å². The van der Waals surface area contributed by atoms with Gasteiger partial charge in [0.05, 0.1) is 14.2 Å². The Balaban J connectivity index is 2.05. The van der Waals surface area contributed by atoms with Gasteiger partial charge in [0.1, 0.15) is 0 Å². The molecule has 0 aliphatic heterocycles. The van der Waals surface area contributed by atoms with Gasteiger partial charge in [0.2, 0.25) is 6.10 Å². The zero-order chi connectivity index (χ0) is 19.8. The largest absolute Gasteiger partial charge is 0.493 e. The summed E-state index contributed by atoms with van der Waals surface area (Å²) in [5, 5.41) is 9.37. The van der Waals surface area contributed by atoms with Gasteiger partial charge < -0.3 is 19.3 Å². The van der Waals surface area contributed by atoms with Gasteiger partial charge in [-0.15, -0.1) is 0 Å². The number of aliphatic carboxylic acids is 1. The van der Waals surface area contributed by atoms with E-state index < -0.39 is 18.0 Å². The molecule has 0 fully saturated rings. The minimum absolute atomic E-state index is 0.0137. The van der Waals surface area contributed by atoms with Crippen molar-refractivity contribution in [2.45, 2.75) is 19.4 Å². The fourth-order valence-electron chi connectivity index (χ4n) is 2.42. The average molecular weight is 370 g/mol. The molecule has 0 saturated carbocycles. The minimum atomic E-state index is -1.31. The average Bonchev–Trinajstić information content (AvgIpc) is 2.66. The number of hydrogen-bond acceptors (Lipinski definition) is 5. The van der Waals surface area contributed by atoms with Crippen LogP contribution in [0.15, 0.2) is 48.5 Å². The van der Waals surface area contributed by atoms with Crippen LogP contribution in [-0.4, -0.2) is 37.4 Å². The highest BCUT2D eigenvalue weighted by Gasteiger charge is 2.22. The Kier molecular flexibility index (Phi) is 7.00. The molecule has 0 spiro atoms. The predicted molar refractivity (Wildman–Crippen MR) is 101 cm³/mol. The van der Waals surface area contributed by atoms with Crippen molar-refractivity contribution < 1.29 is 28.9 Å². The van der Waals surface area contributed by atoms with E-state index >= 15 is 0 Å². The van der Waals surface area contributed by atoms with Crippen molar-refractivity contribution in [2.24, 2.45) is 0 Å². The second kappa shape index (κ2) is 9.43. The second-order valence-corrected chi connectivity index (χ2v) is 5.90. The van der Waals surface area contributed by atoms with Crippen molar-refractivity contribution in [1.29, 1.82) is 0 Å². The van der Waals surface area contributed by atoms with Crippen molar-refractivity contribution >= 4 is 18.0 Å². The third-order valence-electron chi connectivity index (χ3n) is 3.89. The Morgan fingerprint density at radius 1 is 1.04 bits per heavy atom. The number of carbonyl (C=O) groups is 2. The van der Waals surface area contributed by atoms with Gasteiger partial charge in [0.15, 0.2) is 11.5 Å². The fraction of sp³-hybridized carbons (Fsp3) is 0.238. The number of ether oxygens (including phenoxy) is 3. The molecular weight excluding hydrogens is 348 g/mol. The number of carboxylic acids is 1. The highest BCUT2D eigenvalue weighted by atomic mass is 16.6. The van der Waals surface area contributed by atoms with E-state index in [9.17, 15) is 14.7 Å². The molecule has 0 heterocycles. The van der Waals surface area contributed by atoms with E-state index in [1.165, 1.54) is 20.3 Å². The molecule has 0 bridgehead atoms. The Morgan fingerprint density at radius 3 is 2.30 bits per heavy atom. The van der Waals surface area contributed by atoms with E-state index in [-0.39, 0.29) is 6.42 Å². The van der Waals surface area contributed by atoms with Gasteiger partial charge >= 0.3 is 11.9 Å². The van der Waals surface area contributed by atoms with Crippen molar-refractivity contribution in [3.05, 3.63) is 65.2 Å². The third-order valence-corrected chi connectivity index (χ3v) is 3.89. The molecule has 2 aromatic carbocycles. The minimum Gasteiger partial charge on any atom is -0.493 e. The number of benzene rings is 2. The molecule has 2 rings (SSSR count). The Hall–Kier alpha value is -3.28. The van der Waals surface area contributed by atoms with Gasteiger partial charge in [-0.2, -0.15) is 0 Å². The van der Waals surface area contributed by atoms with Gasteiger partial charge in [-0.25, -0.2) is 9.59 Å². The van der Waals surface area contributed by atoms with Crippen LogP contribution in [0.4, 0.5) is 0 Å². The van der Waals surface area contributed by atoms with Crippen molar-refractivity contribution in [1.82, 2.24) is 0 Å². The lowest BCUT2D eigenvalue weighted by atomic mass is 10.1. The summed E-state index contributed by atoms with van der Waals surface area (Å²) in [5.41, 5.74) is 2.58. The van der Waals surface area contributed by atoms with Crippen LogP contribution >= 0.6 is 0 Å². The van der Waals surface area contributed by atoms with E-state index in [4.69, 9.17) is 14.2 Å². The number of aryl methyl sites for hydroxylation is 1. The molecule has 0 radical (unpaired) electrons.